The van der Waals surface area contributed by atoms with E-state index in [0.717, 1.165) is 25.7 Å². The van der Waals surface area contributed by atoms with Crippen molar-refractivity contribution < 1.29 is 76.0 Å². The van der Waals surface area contributed by atoms with Crippen LogP contribution in [0.4, 0.5) is 4.79 Å². The number of amides is 1. The fraction of sp³-hybridized carbons (Fsp3) is 0.605. The van der Waals surface area contributed by atoms with Crippen LogP contribution in [0.5, 0.6) is 34.5 Å². The normalized spacial score (nSPS) is 11.1. The Morgan fingerprint density at radius 1 is 0.582 bits per heavy atom. The Bertz CT molecular complexity index is 1310. The van der Waals surface area contributed by atoms with E-state index >= 15 is 0 Å². The molecule has 0 bridgehead atoms. The molecule has 0 aliphatic heterocycles. The van der Waals surface area contributed by atoms with Gasteiger partial charge in [-0.2, -0.15) is 0 Å². The first-order chi connectivity index (χ1) is 26.4. The molecule has 0 aromatic heterocycles. The lowest BCUT2D eigenvalue weighted by Gasteiger charge is -2.24. The van der Waals surface area contributed by atoms with Gasteiger partial charge in [-0.25, -0.2) is 14.4 Å². The molecule has 17 nitrogen and oxygen atoms in total. The summed E-state index contributed by atoms with van der Waals surface area (Å²) in [5.41, 5.74) is -0.791. The summed E-state index contributed by atoms with van der Waals surface area (Å²) in [5.74, 6) is -0.456. The SMILES string of the molecule is CCCCOc1c(OCOC)cc(C(=O)OCC(COC(=O)c2cc(OCOC)c(OCCCC)c(OCOC)c2)NC(=O)OC(C)(C)C)cc1OCOC. The Morgan fingerprint density at radius 2 is 0.927 bits per heavy atom. The van der Waals surface area contributed by atoms with Crippen molar-refractivity contribution in [2.75, 3.05) is 82.0 Å². The second-order valence-corrected chi connectivity index (χ2v) is 12.8. The average molecular weight is 784 g/mol. The van der Waals surface area contributed by atoms with Gasteiger partial charge in [0.25, 0.3) is 0 Å². The van der Waals surface area contributed by atoms with Gasteiger partial charge in [-0.3, -0.25) is 0 Å². The minimum Gasteiger partial charge on any atom is -0.486 e. The topological polar surface area (TPSA) is 183 Å². The van der Waals surface area contributed by atoms with E-state index in [1.165, 1.54) is 52.7 Å². The first-order valence-electron chi connectivity index (χ1n) is 17.8. The highest BCUT2D eigenvalue weighted by Gasteiger charge is 2.26. The van der Waals surface area contributed by atoms with Crippen LogP contribution in [0.15, 0.2) is 24.3 Å². The Morgan fingerprint density at radius 3 is 1.22 bits per heavy atom. The Kier molecular flexibility index (Phi) is 21.4. The molecule has 0 unspecified atom stereocenters. The van der Waals surface area contributed by atoms with Crippen LogP contribution < -0.4 is 33.7 Å². The monoisotopic (exact) mass is 783 g/mol. The summed E-state index contributed by atoms with van der Waals surface area (Å²) in [7, 11) is 5.79. The van der Waals surface area contributed by atoms with E-state index in [1.807, 2.05) is 13.8 Å². The zero-order valence-electron chi connectivity index (χ0n) is 33.4. The van der Waals surface area contributed by atoms with Crippen LogP contribution >= 0.6 is 0 Å². The summed E-state index contributed by atoms with van der Waals surface area (Å²) in [6.07, 6.45) is 2.46. The van der Waals surface area contributed by atoms with E-state index in [0.29, 0.717) is 13.2 Å². The standard InChI is InChI=1S/C38H57NO16/c1-10-12-14-47-33-29(51-22-43-6)16-26(17-30(33)52-23-44-7)35(40)49-20-28(39-37(42)55-38(3,4)5)21-50-36(41)27-18-31(53-24-45-8)34(48-15-13-11-2)32(19-27)54-25-46-9/h16-19,28H,10-15,20-25H2,1-9H3,(H,39,42). The van der Waals surface area contributed by atoms with Gasteiger partial charge in [-0.05, 0) is 57.9 Å². The van der Waals surface area contributed by atoms with Gasteiger partial charge in [0.05, 0.1) is 24.3 Å². The van der Waals surface area contributed by atoms with Gasteiger partial charge < -0.3 is 66.9 Å². The van der Waals surface area contributed by atoms with Crippen LogP contribution in [0, 0.1) is 0 Å². The number of carbonyl (C=O) groups excluding carboxylic acids is 3. The lowest BCUT2D eigenvalue weighted by molar-refractivity contribution is 0.0224. The summed E-state index contributed by atoms with van der Waals surface area (Å²) < 4.78 is 71.6. The maximum absolute atomic E-state index is 13.5. The van der Waals surface area contributed by atoms with Crippen molar-refractivity contribution in [2.45, 2.75) is 71.9 Å². The fourth-order valence-corrected chi connectivity index (χ4v) is 4.35. The lowest BCUT2D eigenvalue weighted by atomic mass is 10.1. The number of ether oxygens (including phenoxy) is 13. The average Bonchev–Trinajstić information content (AvgIpc) is 3.15. The molecular weight excluding hydrogens is 726 g/mol. The Balaban J connectivity index is 2.38. The van der Waals surface area contributed by atoms with Gasteiger partial charge in [0.2, 0.25) is 11.5 Å². The number of alkyl carbamates (subject to hydrolysis) is 1. The van der Waals surface area contributed by atoms with Crippen molar-refractivity contribution in [1.82, 2.24) is 5.32 Å². The molecule has 55 heavy (non-hydrogen) atoms. The fourth-order valence-electron chi connectivity index (χ4n) is 4.35. The minimum absolute atomic E-state index is 0.0292. The van der Waals surface area contributed by atoms with Crippen molar-refractivity contribution in [3.63, 3.8) is 0 Å². The number of rotatable bonds is 27. The van der Waals surface area contributed by atoms with Gasteiger partial charge >= 0.3 is 18.0 Å². The number of methoxy groups -OCH3 is 4. The summed E-state index contributed by atoms with van der Waals surface area (Å²) in [4.78, 5) is 39.8. The predicted molar refractivity (Wildman–Crippen MR) is 197 cm³/mol. The van der Waals surface area contributed by atoms with Crippen molar-refractivity contribution in [1.29, 1.82) is 0 Å². The Labute approximate surface area is 322 Å². The zero-order chi connectivity index (χ0) is 40.6. The van der Waals surface area contributed by atoms with Crippen LogP contribution in [0.2, 0.25) is 0 Å². The molecule has 0 heterocycles. The molecule has 1 N–H and O–H groups in total. The molecule has 1 amide bonds. The van der Waals surface area contributed by atoms with Crippen LogP contribution in [-0.2, 0) is 33.2 Å². The van der Waals surface area contributed by atoms with Crippen molar-refractivity contribution in [3.05, 3.63) is 35.4 Å². The summed E-state index contributed by atoms with van der Waals surface area (Å²) >= 11 is 0. The quantitative estimate of drug-likeness (QED) is 0.0490. The van der Waals surface area contributed by atoms with Gasteiger partial charge in [-0.1, -0.05) is 26.7 Å². The van der Waals surface area contributed by atoms with Crippen molar-refractivity contribution in [2.24, 2.45) is 0 Å². The summed E-state index contributed by atoms with van der Waals surface area (Å²) in [6, 6.07) is 4.61. The summed E-state index contributed by atoms with van der Waals surface area (Å²) in [6.45, 7) is 8.38. The molecule has 0 aliphatic carbocycles. The highest BCUT2D eigenvalue weighted by molar-refractivity contribution is 5.92. The smallest absolute Gasteiger partial charge is 0.408 e. The number of carbonyl (C=O) groups is 3. The van der Waals surface area contributed by atoms with E-state index in [2.05, 4.69) is 5.32 Å². The van der Waals surface area contributed by atoms with Crippen LogP contribution in [0.3, 0.4) is 0 Å². The molecule has 17 heteroatoms. The molecule has 2 aromatic carbocycles. The molecular formula is C38H57NO16. The van der Waals surface area contributed by atoms with E-state index in [-0.39, 0.29) is 72.8 Å². The van der Waals surface area contributed by atoms with E-state index < -0.39 is 42.9 Å². The van der Waals surface area contributed by atoms with Crippen LogP contribution in [0.1, 0.15) is 81.0 Å². The van der Waals surface area contributed by atoms with Gasteiger partial charge in [0, 0.05) is 28.4 Å². The molecule has 0 radical (unpaired) electrons. The van der Waals surface area contributed by atoms with Crippen LogP contribution in [-0.4, -0.2) is 112 Å². The van der Waals surface area contributed by atoms with Gasteiger partial charge in [0.1, 0.15) is 24.9 Å². The van der Waals surface area contributed by atoms with Gasteiger partial charge in [0.15, 0.2) is 50.2 Å². The van der Waals surface area contributed by atoms with Crippen LogP contribution in [0.25, 0.3) is 0 Å². The predicted octanol–water partition coefficient (Wildman–Crippen LogP) is 5.88. The third kappa shape index (κ3) is 17.1. The zero-order valence-corrected chi connectivity index (χ0v) is 33.4. The number of nitrogens with one attached hydrogen (secondary N) is 1. The number of hydrogen-bond donors (Lipinski definition) is 1. The number of unbranched alkanes of at least 4 members (excludes halogenated alkanes) is 2. The molecule has 0 atom stereocenters. The Hall–Kier alpha value is -4.71. The first-order valence-corrected chi connectivity index (χ1v) is 17.8. The molecule has 0 spiro atoms. The highest BCUT2D eigenvalue weighted by Crippen LogP contribution is 2.41. The number of esters is 2. The van der Waals surface area contributed by atoms with E-state index in [9.17, 15) is 14.4 Å². The molecule has 2 rings (SSSR count). The maximum atomic E-state index is 13.5. The molecule has 0 saturated carbocycles. The third-order valence-electron chi connectivity index (χ3n) is 6.88. The van der Waals surface area contributed by atoms with E-state index in [4.69, 9.17) is 61.6 Å². The molecule has 2 aromatic rings. The molecule has 0 aliphatic rings. The van der Waals surface area contributed by atoms with E-state index in [1.54, 1.807) is 20.8 Å². The number of benzene rings is 2. The second kappa shape index (κ2) is 25.4. The van der Waals surface area contributed by atoms with Crippen molar-refractivity contribution >= 4 is 18.0 Å². The first kappa shape index (κ1) is 46.4. The van der Waals surface area contributed by atoms with Crippen molar-refractivity contribution in [3.8, 4) is 34.5 Å². The molecule has 310 valence electrons. The number of hydrogen-bond acceptors (Lipinski definition) is 16. The largest absolute Gasteiger partial charge is 0.486 e. The second-order valence-electron chi connectivity index (χ2n) is 12.8. The van der Waals surface area contributed by atoms with Gasteiger partial charge in [-0.15, -0.1) is 0 Å². The molecule has 0 fully saturated rings. The molecule has 0 saturated heterocycles. The third-order valence-corrected chi connectivity index (χ3v) is 6.88. The minimum atomic E-state index is -1.06. The maximum Gasteiger partial charge on any atom is 0.408 e. The highest BCUT2D eigenvalue weighted by atomic mass is 16.7. The lowest BCUT2D eigenvalue weighted by Crippen LogP contribution is -2.44. The summed E-state index contributed by atoms with van der Waals surface area (Å²) in [5, 5.41) is 2.60.